The lowest BCUT2D eigenvalue weighted by atomic mass is 9.78. The number of halogens is 2. The van der Waals surface area contributed by atoms with Gasteiger partial charge in [-0.3, -0.25) is 0 Å². The fourth-order valence-corrected chi connectivity index (χ4v) is 3.24. The van der Waals surface area contributed by atoms with Crippen LogP contribution in [0.2, 0.25) is 0 Å². The first-order valence-electron chi connectivity index (χ1n) is 8.42. The summed E-state index contributed by atoms with van der Waals surface area (Å²) in [5.41, 5.74) is 2.17. The maximum absolute atomic E-state index is 15.2. The van der Waals surface area contributed by atoms with Crippen molar-refractivity contribution in [2.24, 2.45) is 0 Å². The number of rotatable bonds is 2. The van der Waals surface area contributed by atoms with Gasteiger partial charge in [-0.2, -0.15) is 0 Å². The molecule has 0 amide bonds. The van der Waals surface area contributed by atoms with Crippen molar-refractivity contribution in [3.8, 4) is 5.75 Å². The zero-order valence-electron chi connectivity index (χ0n) is 15.7. The van der Waals surface area contributed by atoms with Gasteiger partial charge in [-0.05, 0) is 44.5 Å². The SMILES string of the molecule is CC(C)(C)c1cc(/C(F)=C(/Br)c2ccccc2)cc(C(C)(C)C)c1O. The summed E-state index contributed by atoms with van der Waals surface area (Å²) >= 11 is 3.40. The highest BCUT2D eigenvalue weighted by atomic mass is 79.9. The molecule has 1 nitrogen and oxygen atoms in total. The zero-order chi connectivity index (χ0) is 19.0. The molecule has 0 aromatic heterocycles. The summed E-state index contributed by atoms with van der Waals surface area (Å²) in [6.07, 6.45) is 0. The molecule has 0 aliphatic heterocycles. The predicted molar refractivity (Wildman–Crippen MR) is 109 cm³/mol. The number of aromatic hydroxyl groups is 1. The van der Waals surface area contributed by atoms with Gasteiger partial charge in [-0.25, -0.2) is 4.39 Å². The molecule has 0 saturated heterocycles. The molecule has 0 atom stereocenters. The Morgan fingerprint density at radius 3 is 1.68 bits per heavy atom. The molecule has 1 N–H and O–H groups in total. The van der Waals surface area contributed by atoms with E-state index in [0.29, 0.717) is 10.0 Å². The summed E-state index contributed by atoms with van der Waals surface area (Å²) < 4.78 is 15.6. The molecule has 2 rings (SSSR count). The van der Waals surface area contributed by atoms with Crippen molar-refractivity contribution in [3.63, 3.8) is 0 Å². The van der Waals surface area contributed by atoms with Crippen LogP contribution < -0.4 is 0 Å². The molecule has 134 valence electrons. The summed E-state index contributed by atoms with van der Waals surface area (Å²) in [5, 5.41) is 10.8. The third-order valence-corrected chi connectivity index (χ3v) is 5.01. The Balaban J connectivity index is 2.74. The van der Waals surface area contributed by atoms with E-state index in [1.54, 1.807) is 12.1 Å². The Labute approximate surface area is 158 Å². The predicted octanol–water partition coefficient (Wildman–Crippen LogP) is 7.18. The Bertz CT molecular complexity index is 758. The van der Waals surface area contributed by atoms with Gasteiger partial charge in [0.2, 0.25) is 0 Å². The van der Waals surface area contributed by atoms with Gasteiger partial charge in [0.25, 0.3) is 0 Å². The Morgan fingerprint density at radius 1 is 0.840 bits per heavy atom. The minimum Gasteiger partial charge on any atom is -0.507 e. The van der Waals surface area contributed by atoms with E-state index in [1.165, 1.54) is 0 Å². The first kappa shape index (κ1) is 19.7. The van der Waals surface area contributed by atoms with Crippen LogP contribution >= 0.6 is 15.9 Å². The summed E-state index contributed by atoms with van der Waals surface area (Å²) in [6.45, 7) is 12.1. The molecular formula is C22H26BrFO. The number of phenols is 1. The molecule has 0 radical (unpaired) electrons. The lowest BCUT2D eigenvalue weighted by molar-refractivity contribution is 0.423. The molecule has 0 saturated carbocycles. The van der Waals surface area contributed by atoms with E-state index in [-0.39, 0.29) is 22.4 Å². The van der Waals surface area contributed by atoms with E-state index < -0.39 is 0 Å². The van der Waals surface area contributed by atoms with Crippen LogP contribution in [0.1, 0.15) is 63.8 Å². The van der Waals surface area contributed by atoms with Crippen molar-refractivity contribution >= 4 is 26.2 Å². The highest BCUT2D eigenvalue weighted by Crippen LogP contribution is 2.42. The van der Waals surface area contributed by atoms with Gasteiger partial charge in [0.05, 0.1) is 4.48 Å². The van der Waals surface area contributed by atoms with Crippen LogP contribution in [-0.4, -0.2) is 5.11 Å². The van der Waals surface area contributed by atoms with E-state index in [4.69, 9.17) is 0 Å². The second-order valence-electron chi connectivity index (χ2n) is 8.41. The van der Waals surface area contributed by atoms with Crippen molar-refractivity contribution in [2.45, 2.75) is 52.4 Å². The summed E-state index contributed by atoms with van der Waals surface area (Å²) in [4.78, 5) is 0. The third kappa shape index (κ3) is 4.33. The molecule has 25 heavy (non-hydrogen) atoms. The van der Waals surface area contributed by atoms with Gasteiger partial charge in [0.15, 0.2) is 0 Å². The smallest absolute Gasteiger partial charge is 0.145 e. The monoisotopic (exact) mass is 404 g/mol. The average Bonchev–Trinajstić information content (AvgIpc) is 2.52. The van der Waals surface area contributed by atoms with Gasteiger partial charge in [-0.15, -0.1) is 0 Å². The van der Waals surface area contributed by atoms with Gasteiger partial charge in [-0.1, -0.05) is 71.9 Å². The number of hydrogen-bond donors (Lipinski definition) is 1. The molecular weight excluding hydrogens is 379 g/mol. The van der Waals surface area contributed by atoms with Crippen LogP contribution in [0.15, 0.2) is 42.5 Å². The molecule has 0 bridgehead atoms. The van der Waals surface area contributed by atoms with Crippen molar-refractivity contribution in [1.82, 2.24) is 0 Å². The van der Waals surface area contributed by atoms with Gasteiger partial charge in [0.1, 0.15) is 11.6 Å². The van der Waals surface area contributed by atoms with E-state index in [0.717, 1.165) is 16.7 Å². The van der Waals surface area contributed by atoms with Crippen LogP contribution in [0, 0.1) is 0 Å². The van der Waals surface area contributed by atoms with Gasteiger partial charge < -0.3 is 5.11 Å². The number of hydrogen-bond acceptors (Lipinski definition) is 1. The highest BCUT2D eigenvalue weighted by Gasteiger charge is 2.27. The van der Waals surface area contributed by atoms with Gasteiger partial charge in [0, 0.05) is 16.7 Å². The minimum atomic E-state index is -0.331. The van der Waals surface area contributed by atoms with Gasteiger partial charge >= 0.3 is 0 Å². The van der Waals surface area contributed by atoms with E-state index in [9.17, 15) is 5.11 Å². The van der Waals surface area contributed by atoms with Crippen LogP contribution in [0.3, 0.4) is 0 Å². The van der Waals surface area contributed by atoms with Crippen LogP contribution in [-0.2, 0) is 10.8 Å². The van der Waals surface area contributed by atoms with Crippen LogP contribution in [0.5, 0.6) is 5.75 Å². The van der Waals surface area contributed by atoms with Crippen LogP contribution in [0.4, 0.5) is 4.39 Å². The number of phenolic OH excluding ortho intramolecular Hbond substituents is 1. The fraction of sp³-hybridized carbons (Fsp3) is 0.364. The second kappa shape index (κ2) is 6.95. The normalized spacial score (nSPS) is 13.6. The minimum absolute atomic E-state index is 0.257. The average molecular weight is 405 g/mol. The van der Waals surface area contributed by atoms with Crippen molar-refractivity contribution in [3.05, 3.63) is 64.7 Å². The Morgan fingerprint density at radius 2 is 1.28 bits per heavy atom. The molecule has 0 heterocycles. The summed E-state index contributed by atoms with van der Waals surface area (Å²) in [6, 6.07) is 12.9. The third-order valence-electron chi connectivity index (χ3n) is 4.20. The number of benzene rings is 2. The Kier molecular flexibility index (Phi) is 5.48. The molecule has 0 fully saturated rings. The van der Waals surface area contributed by atoms with E-state index >= 15 is 4.39 Å². The first-order valence-corrected chi connectivity index (χ1v) is 9.21. The molecule has 0 aliphatic carbocycles. The van der Waals surface area contributed by atoms with Crippen molar-refractivity contribution < 1.29 is 9.50 Å². The maximum atomic E-state index is 15.2. The largest absolute Gasteiger partial charge is 0.507 e. The Hall–Kier alpha value is -1.61. The zero-order valence-corrected chi connectivity index (χ0v) is 17.3. The molecule has 0 aliphatic rings. The van der Waals surface area contributed by atoms with Crippen LogP contribution in [0.25, 0.3) is 10.3 Å². The van der Waals surface area contributed by atoms with E-state index in [1.807, 2.05) is 71.9 Å². The quantitative estimate of drug-likeness (QED) is 0.525. The first-order chi connectivity index (χ1) is 11.4. The lowest BCUT2D eigenvalue weighted by Crippen LogP contribution is -2.17. The highest BCUT2D eigenvalue weighted by molar-refractivity contribution is 9.15. The van der Waals surface area contributed by atoms with Crippen molar-refractivity contribution in [2.75, 3.05) is 0 Å². The molecule has 0 spiro atoms. The summed E-state index contributed by atoms with van der Waals surface area (Å²) in [5.74, 6) is -0.0745. The standard InChI is InChI=1S/C22H26BrFO/c1-21(2,3)16-12-15(13-17(20(16)25)22(4,5)6)19(24)18(23)14-10-8-7-9-11-14/h7-13,25H,1-6H3/b19-18-. The maximum Gasteiger partial charge on any atom is 0.145 e. The summed E-state index contributed by atoms with van der Waals surface area (Å²) in [7, 11) is 0. The molecule has 3 heteroatoms. The topological polar surface area (TPSA) is 20.2 Å². The fourth-order valence-electron chi connectivity index (χ4n) is 2.74. The molecule has 0 unspecified atom stereocenters. The lowest BCUT2D eigenvalue weighted by Gasteiger charge is -2.28. The van der Waals surface area contributed by atoms with Crippen molar-refractivity contribution in [1.29, 1.82) is 0 Å². The van der Waals surface area contributed by atoms with E-state index in [2.05, 4.69) is 15.9 Å². The second-order valence-corrected chi connectivity index (χ2v) is 9.21. The molecule has 2 aromatic carbocycles. The molecule has 2 aromatic rings.